The van der Waals surface area contributed by atoms with Crippen molar-refractivity contribution >= 4 is 19.7 Å². The van der Waals surface area contributed by atoms with Crippen LogP contribution < -0.4 is 15.2 Å². The van der Waals surface area contributed by atoms with Crippen molar-refractivity contribution in [3.05, 3.63) is 87.3 Å². The number of carbonyl (C=O) groups is 1. The van der Waals surface area contributed by atoms with Gasteiger partial charge in [-0.3, -0.25) is 4.79 Å². The molecule has 0 radical (unpaired) electrons. The normalized spacial score (nSPS) is 15.3. The number of fused-ring (bicyclic) bond motifs is 1. The fourth-order valence-corrected chi connectivity index (χ4v) is 5.11. The van der Waals surface area contributed by atoms with E-state index in [0.29, 0.717) is 17.0 Å². The third-order valence-corrected chi connectivity index (χ3v) is 8.17. The second-order valence-corrected chi connectivity index (χ2v) is 16.2. The number of alkyl halides is 3. The van der Waals surface area contributed by atoms with Crippen LogP contribution in [0.4, 0.5) is 18.9 Å². The van der Waals surface area contributed by atoms with Gasteiger partial charge in [-0.05, 0) is 41.4 Å². The van der Waals surface area contributed by atoms with E-state index >= 15 is 0 Å². The van der Waals surface area contributed by atoms with Crippen LogP contribution in [0.15, 0.2) is 59.5 Å². The number of benzene rings is 2. The second-order valence-electron chi connectivity index (χ2n) is 10.5. The first-order valence-corrected chi connectivity index (χ1v) is 16.1. The van der Waals surface area contributed by atoms with Crippen molar-refractivity contribution < 1.29 is 32.5 Å². The zero-order valence-corrected chi connectivity index (χ0v) is 22.9. The van der Waals surface area contributed by atoms with Crippen molar-refractivity contribution in [1.29, 1.82) is 0 Å². The third-order valence-electron chi connectivity index (χ3n) is 6.47. The van der Waals surface area contributed by atoms with Gasteiger partial charge in [-0.25, -0.2) is 9.48 Å². The maximum Gasteiger partial charge on any atom is 0.423 e. The highest BCUT2D eigenvalue weighted by molar-refractivity contribution is 6.76. The number of anilines is 1. The Morgan fingerprint density at radius 1 is 1.13 bits per heavy atom. The maximum absolute atomic E-state index is 14.3. The number of hydrogen-bond acceptors (Lipinski definition) is 6. The summed E-state index contributed by atoms with van der Waals surface area (Å²) in [4.78, 5) is 25.6. The summed E-state index contributed by atoms with van der Waals surface area (Å²) >= 11 is 0. The molecule has 0 aliphatic carbocycles. The minimum Gasteiger partial charge on any atom is -0.491 e. The van der Waals surface area contributed by atoms with E-state index < -0.39 is 37.4 Å². The average molecular weight is 562 g/mol. The summed E-state index contributed by atoms with van der Waals surface area (Å²) in [7, 11) is -1.41. The van der Waals surface area contributed by atoms with E-state index in [2.05, 4.69) is 24.7 Å². The zero-order valence-electron chi connectivity index (χ0n) is 21.9. The number of nitrogens with zero attached hydrogens (tertiary/aromatic N) is 3. The molecular weight excluding hydrogens is 531 g/mol. The van der Waals surface area contributed by atoms with Gasteiger partial charge in [0.15, 0.2) is 0 Å². The zero-order chi connectivity index (χ0) is 28.4. The number of carboxylic acid groups (broad SMARTS) is 1. The van der Waals surface area contributed by atoms with Crippen LogP contribution in [-0.4, -0.2) is 42.1 Å². The van der Waals surface area contributed by atoms with Crippen LogP contribution in [0, 0.1) is 0 Å². The molecule has 0 amide bonds. The van der Waals surface area contributed by atoms with Gasteiger partial charge in [0.25, 0.3) is 5.56 Å². The molecule has 0 fully saturated rings. The third kappa shape index (κ3) is 6.68. The highest BCUT2D eigenvalue weighted by Gasteiger charge is 2.42. The van der Waals surface area contributed by atoms with Crippen LogP contribution in [0.25, 0.3) is 0 Å². The number of halogens is 3. The number of carboxylic acids is 1. The Hall–Kier alpha value is -3.64. The molecule has 208 valence electrons. The van der Waals surface area contributed by atoms with E-state index in [1.54, 1.807) is 12.1 Å². The molecule has 1 unspecified atom stereocenters. The molecule has 1 N–H and O–H groups in total. The molecule has 2 aromatic carbocycles. The summed E-state index contributed by atoms with van der Waals surface area (Å²) in [5.74, 6) is -0.717. The van der Waals surface area contributed by atoms with E-state index in [4.69, 9.17) is 14.6 Å². The molecule has 0 saturated heterocycles. The standard InChI is InChI=1S/C27H30F3N3O5Si/c1-39(2,3)13-12-37-17-33-25(34)24(27(28,29)30)22(14-31-33)32-15-19-6-4-5-7-21(19)23(32)16-38-20-10-8-18(9-11-20)26(35)36/h4-11,14,23H,12-13,15-17H2,1-3H3,(H,35,36). The van der Waals surface area contributed by atoms with Gasteiger partial charge in [0.1, 0.15) is 24.7 Å². The quantitative estimate of drug-likeness (QED) is 0.261. The largest absolute Gasteiger partial charge is 0.491 e. The Morgan fingerprint density at radius 2 is 1.82 bits per heavy atom. The molecule has 4 rings (SSSR count). The van der Waals surface area contributed by atoms with Crippen molar-refractivity contribution in [2.75, 3.05) is 18.1 Å². The Labute approximate surface area is 224 Å². The van der Waals surface area contributed by atoms with E-state index in [-0.39, 0.29) is 31.1 Å². The van der Waals surface area contributed by atoms with Crippen molar-refractivity contribution in [3.63, 3.8) is 0 Å². The van der Waals surface area contributed by atoms with Gasteiger partial charge < -0.3 is 19.5 Å². The second kappa shape index (κ2) is 11.2. The van der Waals surface area contributed by atoms with E-state index in [1.165, 1.54) is 29.2 Å². The molecule has 1 atom stereocenters. The Balaban J connectivity index is 1.63. The number of aromatic carboxylic acids is 1. The first-order valence-electron chi connectivity index (χ1n) is 12.4. The van der Waals surface area contributed by atoms with Crippen LogP contribution in [0.5, 0.6) is 5.75 Å². The first kappa shape index (κ1) is 28.4. The lowest BCUT2D eigenvalue weighted by atomic mass is 10.1. The van der Waals surface area contributed by atoms with Crippen molar-refractivity contribution in [2.24, 2.45) is 0 Å². The Morgan fingerprint density at radius 3 is 2.46 bits per heavy atom. The van der Waals surface area contributed by atoms with Gasteiger partial charge in [-0.2, -0.15) is 18.3 Å². The number of ether oxygens (including phenoxy) is 2. The molecule has 39 heavy (non-hydrogen) atoms. The summed E-state index contributed by atoms with van der Waals surface area (Å²) < 4.78 is 55.0. The van der Waals surface area contributed by atoms with Crippen LogP contribution in [0.2, 0.25) is 25.7 Å². The molecule has 12 heteroatoms. The summed E-state index contributed by atoms with van der Waals surface area (Å²) in [6, 6.07) is 13.1. The van der Waals surface area contributed by atoms with Gasteiger partial charge in [0, 0.05) is 21.2 Å². The van der Waals surface area contributed by atoms with E-state index in [1.807, 2.05) is 12.1 Å². The fraction of sp³-hybridized carbons (Fsp3) is 0.370. The van der Waals surface area contributed by atoms with Crippen LogP contribution in [-0.2, 0) is 24.2 Å². The SMILES string of the molecule is C[Si](C)(C)CCOCn1ncc(N2Cc3ccccc3C2COc2ccc(C(=O)O)cc2)c(C(F)(F)F)c1=O. The van der Waals surface area contributed by atoms with Crippen molar-refractivity contribution in [3.8, 4) is 5.75 Å². The van der Waals surface area contributed by atoms with Gasteiger partial charge in [0.05, 0.1) is 23.5 Å². The van der Waals surface area contributed by atoms with E-state index in [9.17, 15) is 22.8 Å². The lowest BCUT2D eigenvalue weighted by molar-refractivity contribution is -0.138. The van der Waals surface area contributed by atoms with Gasteiger partial charge in [-0.1, -0.05) is 43.9 Å². The Kier molecular flexibility index (Phi) is 8.16. The first-order chi connectivity index (χ1) is 18.3. The molecule has 1 aliphatic rings. The summed E-state index contributed by atoms with van der Waals surface area (Å²) in [5.41, 5.74) is -1.26. The summed E-state index contributed by atoms with van der Waals surface area (Å²) in [6.45, 7) is 6.50. The van der Waals surface area contributed by atoms with E-state index in [0.717, 1.165) is 23.4 Å². The number of aromatic nitrogens is 2. The van der Waals surface area contributed by atoms with Crippen LogP contribution in [0.3, 0.4) is 0 Å². The van der Waals surface area contributed by atoms with Crippen molar-refractivity contribution in [2.45, 2.75) is 51.2 Å². The van der Waals surface area contributed by atoms with Crippen molar-refractivity contribution in [1.82, 2.24) is 9.78 Å². The lowest BCUT2D eigenvalue weighted by Crippen LogP contribution is -2.36. The molecular formula is C27H30F3N3O5Si. The number of hydrogen-bond donors (Lipinski definition) is 1. The molecule has 0 saturated carbocycles. The molecule has 2 heterocycles. The Bertz CT molecular complexity index is 1390. The van der Waals surface area contributed by atoms with Gasteiger partial charge in [0.2, 0.25) is 0 Å². The minimum absolute atomic E-state index is 0.0381. The molecule has 1 aromatic heterocycles. The minimum atomic E-state index is -4.93. The summed E-state index contributed by atoms with van der Waals surface area (Å²) in [5, 5.41) is 13.1. The molecule has 0 bridgehead atoms. The summed E-state index contributed by atoms with van der Waals surface area (Å²) in [6.07, 6.45) is -3.87. The van der Waals surface area contributed by atoms with Crippen LogP contribution in [0.1, 0.15) is 33.1 Å². The topological polar surface area (TPSA) is 93.9 Å². The molecule has 0 spiro atoms. The number of rotatable bonds is 10. The maximum atomic E-state index is 14.3. The predicted molar refractivity (Wildman–Crippen MR) is 142 cm³/mol. The lowest BCUT2D eigenvalue weighted by Gasteiger charge is -2.29. The predicted octanol–water partition coefficient (Wildman–Crippen LogP) is 5.41. The highest BCUT2D eigenvalue weighted by atomic mass is 28.3. The van der Waals surface area contributed by atoms with Crippen LogP contribution >= 0.6 is 0 Å². The fourth-order valence-electron chi connectivity index (χ4n) is 4.35. The highest BCUT2D eigenvalue weighted by Crippen LogP contribution is 2.42. The van der Waals surface area contributed by atoms with Gasteiger partial charge >= 0.3 is 12.1 Å². The smallest absolute Gasteiger partial charge is 0.423 e. The average Bonchev–Trinajstić information content (AvgIpc) is 3.23. The molecule has 8 nitrogen and oxygen atoms in total. The van der Waals surface area contributed by atoms with Gasteiger partial charge in [-0.15, -0.1) is 0 Å². The monoisotopic (exact) mass is 561 g/mol. The molecule has 1 aliphatic heterocycles. The molecule has 3 aromatic rings.